The number of hydrogen-bond acceptors (Lipinski definition) is 3. The number of carbonyl (C=O) groups excluding carboxylic acids is 2. The number of nitrogens with zero attached hydrogens (tertiary/aromatic N) is 2. The van der Waals surface area contributed by atoms with Crippen molar-refractivity contribution in [2.75, 3.05) is 27.2 Å². The fourth-order valence-corrected chi connectivity index (χ4v) is 4.86. The molecule has 2 amide bonds. The van der Waals surface area contributed by atoms with Crippen LogP contribution in [0.3, 0.4) is 0 Å². The first-order valence-corrected chi connectivity index (χ1v) is 10.3. The Labute approximate surface area is 163 Å². The molecule has 2 aliphatic rings. The number of hydrogen-bond donors (Lipinski definition) is 1. The van der Waals surface area contributed by atoms with E-state index in [9.17, 15) is 9.59 Å². The Bertz CT molecular complexity index is 653. The van der Waals surface area contributed by atoms with Gasteiger partial charge < -0.3 is 15.1 Å². The second kappa shape index (κ2) is 8.42. The number of amides is 2. The number of benzene rings is 1. The molecule has 1 aromatic rings. The summed E-state index contributed by atoms with van der Waals surface area (Å²) in [7, 11) is 4.23. The van der Waals surface area contributed by atoms with Crippen LogP contribution in [0.15, 0.2) is 30.3 Å². The molecule has 5 heteroatoms. The molecule has 0 unspecified atom stereocenters. The van der Waals surface area contributed by atoms with Gasteiger partial charge in [-0.15, -0.1) is 0 Å². The Kier molecular flexibility index (Phi) is 6.20. The normalized spacial score (nSPS) is 25.0. The molecule has 148 valence electrons. The molecule has 0 radical (unpaired) electrons. The Morgan fingerprint density at radius 2 is 1.89 bits per heavy atom. The minimum Gasteiger partial charge on any atom is -0.354 e. The molecule has 3 rings (SSSR count). The van der Waals surface area contributed by atoms with E-state index in [4.69, 9.17) is 0 Å². The molecule has 1 saturated carbocycles. The van der Waals surface area contributed by atoms with E-state index in [1.54, 1.807) is 0 Å². The molecule has 2 fully saturated rings. The molecule has 1 heterocycles. The lowest BCUT2D eigenvalue weighted by Gasteiger charge is -2.41. The first-order chi connectivity index (χ1) is 13.0. The van der Waals surface area contributed by atoms with E-state index in [0.29, 0.717) is 25.9 Å². The summed E-state index contributed by atoms with van der Waals surface area (Å²) >= 11 is 0. The summed E-state index contributed by atoms with van der Waals surface area (Å²) in [6.45, 7) is 3.31. The van der Waals surface area contributed by atoms with Crippen molar-refractivity contribution in [3.8, 4) is 0 Å². The van der Waals surface area contributed by atoms with E-state index in [1.165, 1.54) is 12.8 Å². The second-order valence-corrected chi connectivity index (χ2v) is 8.22. The van der Waals surface area contributed by atoms with Gasteiger partial charge in [-0.25, -0.2) is 0 Å². The van der Waals surface area contributed by atoms with Gasteiger partial charge in [0.15, 0.2) is 0 Å². The van der Waals surface area contributed by atoms with Crippen LogP contribution in [-0.2, 0) is 9.59 Å². The third-order valence-corrected chi connectivity index (χ3v) is 6.60. The molecular formula is C22H33N3O2. The summed E-state index contributed by atoms with van der Waals surface area (Å²) in [4.78, 5) is 29.8. The standard InChI is InChI=1S/C22H33N3O2/c1-4-25-19(26)13-12-18(20(25)17-10-6-5-7-11-17)21(27)23-16-22(24(2)3)14-8-9-15-22/h5-7,10-11,18,20H,4,8-9,12-16H2,1-3H3,(H,23,27)/t18-,20+/m1/s1. The Morgan fingerprint density at radius 3 is 2.48 bits per heavy atom. The molecule has 1 N–H and O–H groups in total. The molecule has 1 saturated heterocycles. The highest BCUT2D eigenvalue weighted by atomic mass is 16.2. The minimum absolute atomic E-state index is 0.0762. The van der Waals surface area contributed by atoms with Crippen LogP contribution in [-0.4, -0.2) is 54.3 Å². The summed E-state index contributed by atoms with van der Waals surface area (Å²) in [6, 6.07) is 9.83. The highest BCUT2D eigenvalue weighted by Gasteiger charge is 2.41. The van der Waals surface area contributed by atoms with E-state index >= 15 is 0 Å². The molecule has 1 aliphatic carbocycles. The SMILES string of the molecule is CCN1C(=O)CC[C@@H](C(=O)NCC2(N(C)C)CCCC2)[C@@H]1c1ccccc1. The largest absolute Gasteiger partial charge is 0.354 e. The lowest BCUT2D eigenvalue weighted by molar-refractivity contribution is -0.143. The second-order valence-electron chi connectivity index (χ2n) is 8.22. The predicted octanol–water partition coefficient (Wildman–Crippen LogP) is 2.98. The molecule has 1 aliphatic heterocycles. The van der Waals surface area contributed by atoms with Gasteiger partial charge in [0.2, 0.25) is 11.8 Å². The van der Waals surface area contributed by atoms with Crippen LogP contribution >= 0.6 is 0 Å². The van der Waals surface area contributed by atoms with Crippen molar-refractivity contribution < 1.29 is 9.59 Å². The number of piperidine rings is 1. The Hall–Kier alpha value is -1.88. The van der Waals surface area contributed by atoms with Crippen LogP contribution in [0.5, 0.6) is 0 Å². The van der Waals surface area contributed by atoms with Crippen molar-refractivity contribution >= 4 is 11.8 Å². The van der Waals surface area contributed by atoms with Gasteiger partial charge in [-0.1, -0.05) is 43.2 Å². The summed E-state index contributed by atoms with van der Waals surface area (Å²) in [5.74, 6) is 0.0459. The maximum Gasteiger partial charge on any atom is 0.225 e. The molecule has 1 aromatic carbocycles. The van der Waals surface area contributed by atoms with Crippen LogP contribution in [0, 0.1) is 5.92 Å². The van der Waals surface area contributed by atoms with Crippen molar-refractivity contribution in [2.45, 2.75) is 57.0 Å². The van der Waals surface area contributed by atoms with E-state index in [2.05, 4.69) is 24.3 Å². The van der Waals surface area contributed by atoms with Crippen molar-refractivity contribution in [1.82, 2.24) is 15.1 Å². The quantitative estimate of drug-likeness (QED) is 0.836. The van der Waals surface area contributed by atoms with Crippen molar-refractivity contribution in [2.24, 2.45) is 5.92 Å². The number of rotatable bonds is 6. The van der Waals surface area contributed by atoms with E-state index in [0.717, 1.165) is 18.4 Å². The van der Waals surface area contributed by atoms with Gasteiger partial charge in [0.1, 0.15) is 0 Å². The first kappa shape index (κ1) is 19.9. The Balaban J connectivity index is 1.78. The number of nitrogens with one attached hydrogen (secondary N) is 1. The zero-order valence-corrected chi connectivity index (χ0v) is 16.9. The number of likely N-dealkylation sites (N-methyl/N-ethyl adjacent to an activating group) is 1. The minimum atomic E-state index is -0.189. The van der Waals surface area contributed by atoms with Gasteiger partial charge in [-0.3, -0.25) is 9.59 Å². The maximum absolute atomic E-state index is 13.2. The van der Waals surface area contributed by atoms with Gasteiger partial charge in [-0.05, 0) is 45.8 Å². The molecule has 2 atom stereocenters. The average Bonchev–Trinajstić information content (AvgIpc) is 3.17. The fraction of sp³-hybridized carbons (Fsp3) is 0.636. The van der Waals surface area contributed by atoms with E-state index in [-0.39, 0.29) is 29.3 Å². The van der Waals surface area contributed by atoms with Crippen LogP contribution in [0.1, 0.15) is 57.1 Å². The zero-order valence-electron chi connectivity index (χ0n) is 16.9. The topological polar surface area (TPSA) is 52.7 Å². The van der Waals surface area contributed by atoms with Crippen molar-refractivity contribution in [1.29, 1.82) is 0 Å². The molecule has 0 bridgehead atoms. The molecular weight excluding hydrogens is 338 g/mol. The lowest BCUT2D eigenvalue weighted by Crippen LogP contribution is -2.54. The van der Waals surface area contributed by atoms with Gasteiger partial charge in [0.25, 0.3) is 0 Å². The first-order valence-electron chi connectivity index (χ1n) is 10.3. The van der Waals surface area contributed by atoms with Crippen LogP contribution < -0.4 is 5.32 Å². The van der Waals surface area contributed by atoms with Gasteiger partial charge in [0.05, 0.1) is 12.0 Å². The van der Waals surface area contributed by atoms with Crippen molar-refractivity contribution in [3.63, 3.8) is 0 Å². The molecule has 0 spiro atoms. The zero-order chi connectivity index (χ0) is 19.4. The van der Waals surface area contributed by atoms with Crippen LogP contribution in [0.4, 0.5) is 0 Å². The highest BCUT2D eigenvalue weighted by molar-refractivity contribution is 5.85. The number of likely N-dealkylation sites (tertiary alicyclic amines) is 1. The van der Waals surface area contributed by atoms with Crippen molar-refractivity contribution in [3.05, 3.63) is 35.9 Å². The van der Waals surface area contributed by atoms with E-state index in [1.807, 2.05) is 42.2 Å². The van der Waals surface area contributed by atoms with Gasteiger partial charge in [0, 0.05) is 25.0 Å². The molecule has 5 nitrogen and oxygen atoms in total. The monoisotopic (exact) mass is 371 g/mol. The smallest absolute Gasteiger partial charge is 0.225 e. The van der Waals surface area contributed by atoms with Crippen LogP contribution in [0.25, 0.3) is 0 Å². The fourth-order valence-electron chi connectivity index (χ4n) is 4.86. The molecule has 27 heavy (non-hydrogen) atoms. The predicted molar refractivity (Wildman–Crippen MR) is 107 cm³/mol. The Morgan fingerprint density at radius 1 is 1.22 bits per heavy atom. The maximum atomic E-state index is 13.2. The third-order valence-electron chi connectivity index (χ3n) is 6.60. The summed E-state index contributed by atoms with van der Waals surface area (Å²) in [6.07, 6.45) is 5.79. The van der Waals surface area contributed by atoms with Gasteiger partial charge in [-0.2, -0.15) is 0 Å². The summed E-state index contributed by atoms with van der Waals surface area (Å²) in [5.41, 5.74) is 1.13. The highest BCUT2D eigenvalue weighted by Crippen LogP contribution is 2.37. The van der Waals surface area contributed by atoms with Gasteiger partial charge >= 0.3 is 0 Å². The molecule has 0 aromatic heterocycles. The lowest BCUT2D eigenvalue weighted by atomic mass is 9.83. The number of carbonyl (C=O) groups is 2. The van der Waals surface area contributed by atoms with Crippen LogP contribution in [0.2, 0.25) is 0 Å². The summed E-state index contributed by atoms with van der Waals surface area (Å²) in [5, 5.41) is 3.26. The summed E-state index contributed by atoms with van der Waals surface area (Å²) < 4.78 is 0. The average molecular weight is 372 g/mol. The van der Waals surface area contributed by atoms with E-state index < -0.39 is 0 Å². The third kappa shape index (κ3) is 4.03.